The SMILES string of the molecule is C/C=C(\C)C(N)=O.C=C(C)C(=O)NCCCN. The largest absolute Gasteiger partial charge is 0.366 e. The molecule has 5 heteroatoms. The molecule has 0 aliphatic heterocycles. The summed E-state index contributed by atoms with van der Waals surface area (Å²) in [5, 5.41) is 2.66. The Balaban J connectivity index is 0. The Bertz CT molecular complexity index is 296. The normalized spacial score (nSPS) is 10.0. The number of primary amides is 1. The van der Waals surface area contributed by atoms with Gasteiger partial charge in [-0.25, -0.2) is 0 Å². The van der Waals surface area contributed by atoms with Crippen molar-refractivity contribution in [3.63, 3.8) is 0 Å². The van der Waals surface area contributed by atoms with Gasteiger partial charge in [0.25, 0.3) is 0 Å². The highest BCUT2D eigenvalue weighted by Gasteiger charge is 1.97. The minimum Gasteiger partial charge on any atom is -0.366 e. The van der Waals surface area contributed by atoms with Crippen LogP contribution in [-0.2, 0) is 9.59 Å². The van der Waals surface area contributed by atoms with Crippen LogP contribution >= 0.6 is 0 Å². The Morgan fingerprint density at radius 2 is 1.88 bits per heavy atom. The van der Waals surface area contributed by atoms with Gasteiger partial charge in [0.2, 0.25) is 11.8 Å². The molecule has 2 amide bonds. The summed E-state index contributed by atoms with van der Waals surface area (Å²) in [4.78, 5) is 20.9. The van der Waals surface area contributed by atoms with E-state index in [1.807, 2.05) is 0 Å². The minimum absolute atomic E-state index is 0.0894. The first kappa shape index (κ1) is 17.8. The van der Waals surface area contributed by atoms with Crippen molar-refractivity contribution in [3.8, 4) is 0 Å². The van der Waals surface area contributed by atoms with Crippen molar-refractivity contribution in [3.05, 3.63) is 23.8 Å². The lowest BCUT2D eigenvalue weighted by atomic mass is 10.3. The van der Waals surface area contributed by atoms with Crippen LogP contribution in [-0.4, -0.2) is 24.9 Å². The Labute approximate surface area is 103 Å². The van der Waals surface area contributed by atoms with E-state index in [1.54, 1.807) is 26.8 Å². The van der Waals surface area contributed by atoms with Gasteiger partial charge in [-0.1, -0.05) is 12.7 Å². The fourth-order valence-corrected chi connectivity index (χ4v) is 0.597. The van der Waals surface area contributed by atoms with E-state index >= 15 is 0 Å². The molecule has 0 spiro atoms. The second kappa shape index (κ2) is 10.9. The molecule has 5 nitrogen and oxygen atoms in total. The van der Waals surface area contributed by atoms with Crippen molar-refractivity contribution >= 4 is 11.8 Å². The third-order valence-electron chi connectivity index (χ3n) is 1.88. The van der Waals surface area contributed by atoms with Crippen LogP contribution in [0.5, 0.6) is 0 Å². The topological polar surface area (TPSA) is 98.2 Å². The number of nitrogens with one attached hydrogen (secondary N) is 1. The smallest absolute Gasteiger partial charge is 0.246 e. The fraction of sp³-hybridized carbons (Fsp3) is 0.500. The first-order valence-electron chi connectivity index (χ1n) is 5.43. The number of hydrogen-bond donors (Lipinski definition) is 3. The molecule has 0 fully saturated rings. The van der Waals surface area contributed by atoms with Crippen molar-refractivity contribution in [2.24, 2.45) is 11.5 Å². The van der Waals surface area contributed by atoms with Gasteiger partial charge in [-0.15, -0.1) is 0 Å². The lowest BCUT2D eigenvalue weighted by Crippen LogP contribution is -2.26. The van der Waals surface area contributed by atoms with Gasteiger partial charge in [-0.2, -0.15) is 0 Å². The van der Waals surface area contributed by atoms with Crippen LogP contribution in [0.3, 0.4) is 0 Å². The second-order valence-electron chi connectivity index (χ2n) is 3.51. The second-order valence-corrected chi connectivity index (χ2v) is 3.51. The van der Waals surface area contributed by atoms with Crippen LogP contribution in [0.1, 0.15) is 27.2 Å². The maximum atomic E-state index is 10.8. The highest BCUT2D eigenvalue weighted by atomic mass is 16.2. The molecule has 17 heavy (non-hydrogen) atoms. The van der Waals surface area contributed by atoms with Crippen LogP contribution < -0.4 is 16.8 Å². The first-order valence-corrected chi connectivity index (χ1v) is 5.43. The molecule has 0 aromatic rings. The van der Waals surface area contributed by atoms with Gasteiger partial charge in [0.05, 0.1) is 0 Å². The molecule has 0 radical (unpaired) electrons. The van der Waals surface area contributed by atoms with Gasteiger partial charge >= 0.3 is 0 Å². The van der Waals surface area contributed by atoms with Gasteiger partial charge < -0.3 is 16.8 Å². The predicted octanol–water partition coefficient (Wildman–Crippen LogP) is 0.465. The molecule has 0 aromatic carbocycles. The van der Waals surface area contributed by atoms with E-state index in [4.69, 9.17) is 11.5 Å². The van der Waals surface area contributed by atoms with E-state index in [0.29, 0.717) is 24.2 Å². The molecule has 0 aromatic heterocycles. The van der Waals surface area contributed by atoms with Gasteiger partial charge in [0.15, 0.2) is 0 Å². The number of allylic oxidation sites excluding steroid dienone is 1. The standard InChI is InChI=1S/C7H14N2O.C5H9NO/c1-6(2)7(10)9-5-3-4-8;1-3-4(2)5(6)7/h1,3-5,8H2,2H3,(H,9,10);3H,1-2H3,(H2,6,7)/b;4-3+. The average molecular weight is 241 g/mol. The van der Waals surface area contributed by atoms with Crippen molar-refractivity contribution in [1.29, 1.82) is 0 Å². The molecule has 5 N–H and O–H groups in total. The monoisotopic (exact) mass is 241 g/mol. The molecule has 0 aliphatic rings. The Morgan fingerprint density at radius 3 is 2.12 bits per heavy atom. The van der Waals surface area contributed by atoms with E-state index in [1.165, 1.54) is 0 Å². The van der Waals surface area contributed by atoms with E-state index in [0.717, 1.165) is 6.42 Å². The van der Waals surface area contributed by atoms with Gasteiger partial charge in [-0.3, -0.25) is 9.59 Å². The zero-order chi connectivity index (χ0) is 13.8. The third-order valence-corrected chi connectivity index (χ3v) is 1.88. The number of amides is 2. The number of nitrogens with two attached hydrogens (primary N) is 2. The average Bonchev–Trinajstić information content (AvgIpc) is 2.28. The minimum atomic E-state index is -0.345. The van der Waals surface area contributed by atoms with Crippen LogP contribution in [0.2, 0.25) is 0 Å². The summed E-state index contributed by atoms with van der Waals surface area (Å²) in [7, 11) is 0. The summed E-state index contributed by atoms with van der Waals surface area (Å²) >= 11 is 0. The predicted molar refractivity (Wildman–Crippen MR) is 70.1 cm³/mol. The molecule has 0 saturated carbocycles. The van der Waals surface area contributed by atoms with Crippen molar-refractivity contribution in [2.75, 3.05) is 13.1 Å². The molecule has 0 heterocycles. The Morgan fingerprint density at radius 1 is 1.35 bits per heavy atom. The molecule has 0 atom stereocenters. The van der Waals surface area contributed by atoms with Crippen LogP contribution in [0.25, 0.3) is 0 Å². The molecule has 0 unspecified atom stereocenters. The number of rotatable bonds is 5. The summed E-state index contributed by atoms with van der Waals surface area (Å²) in [5.41, 5.74) is 11.2. The molecule has 0 saturated heterocycles. The maximum absolute atomic E-state index is 10.8. The summed E-state index contributed by atoms with van der Waals surface area (Å²) in [6.07, 6.45) is 2.50. The van der Waals surface area contributed by atoms with Gasteiger partial charge in [0.1, 0.15) is 0 Å². The first-order chi connectivity index (χ1) is 7.86. The lowest BCUT2D eigenvalue weighted by molar-refractivity contribution is -0.117. The summed E-state index contributed by atoms with van der Waals surface area (Å²) in [5.74, 6) is -0.434. The highest BCUT2D eigenvalue weighted by Crippen LogP contribution is 1.85. The van der Waals surface area contributed by atoms with Crippen LogP contribution in [0.4, 0.5) is 0 Å². The fourth-order valence-electron chi connectivity index (χ4n) is 0.597. The molecule has 0 rings (SSSR count). The van der Waals surface area contributed by atoms with E-state index in [-0.39, 0.29) is 11.8 Å². The summed E-state index contributed by atoms with van der Waals surface area (Å²) in [6.45, 7) is 9.88. The zero-order valence-corrected chi connectivity index (χ0v) is 10.9. The van der Waals surface area contributed by atoms with E-state index in [2.05, 4.69) is 11.9 Å². The van der Waals surface area contributed by atoms with Crippen molar-refractivity contribution in [1.82, 2.24) is 5.32 Å². The maximum Gasteiger partial charge on any atom is 0.246 e. The quantitative estimate of drug-likeness (QED) is 0.482. The van der Waals surface area contributed by atoms with Gasteiger partial charge in [0, 0.05) is 17.7 Å². The van der Waals surface area contributed by atoms with Crippen molar-refractivity contribution in [2.45, 2.75) is 27.2 Å². The molecule has 0 bridgehead atoms. The van der Waals surface area contributed by atoms with E-state index < -0.39 is 0 Å². The van der Waals surface area contributed by atoms with E-state index in [9.17, 15) is 9.59 Å². The van der Waals surface area contributed by atoms with Crippen molar-refractivity contribution < 1.29 is 9.59 Å². The highest BCUT2D eigenvalue weighted by molar-refractivity contribution is 5.92. The summed E-state index contributed by atoms with van der Waals surface area (Å²) < 4.78 is 0. The number of hydrogen-bond acceptors (Lipinski definition) is 3. The zero-order valence-electron chi connectivity index (χ0n) is 10.9. The molecule has 0 aliphatic carbocycles. The van der Waals surface area contributed by atoms with Crippen LogP contribution in [0.15, 0.2) is 23.8 Å². The molecule has 98 valence electrons. The van der Waals surface area contributed by atoms with Crippen LogP contribution in [0, 0.1) is 0 Å². The van der Waals surface area contributed by atoms with Gasteiger partial charge in [-0.05, 0) is 33.7 Å². The molecular weight excluding hydrogens is 218 g/mol. The summed E-state index contributed by atoms with van der Waals surface area (Å²) in [6, 6.07) is 0. The Kier molecular flexibility index (Phi) is 11.4. The number of carbonyl (C=O) groups is 2. The third kappa shape index (κ3) is 12.3. The molecular formula is C12H23N3O2. The number of carbonyl (C=O) groups excluding carboxylic acids is 2. The Hall–Kier alpha value is -1.62. The lowest BCUT2D eigenvalue weighted by Gasteiger charge is -2.01.